The lowest BCUT2D eigenvalue weighted by Gasteiger charge is -2.31. The molecule has 2 aromatic carbocycles. The second-order valence-corrected chi connectivity index (χ2v) is 8.09. The average molecular weight is 379 g/mol. The Morgan fingerprint density at radius 3 is 2.29 bits per heavy atom. The van der Waals surface area contributed by atoms with E-state index in [0.717, 1.165) is 25.1 Å². The summed E-state index contributed by atoms with van der Waals surface area (Å²) in [7, 11) is 0. The summed E-state index contributed by atoms with van der Waals surface area (Å²) in [4.78, 5) is 29.6. The minimum Gasteiger partial charge on any atom is -0.338 e. The molecule has 1 saturated heterocycles. The maximum absolute atomic E-state index is 13.0. The van der Waals surface area contributed by atoms with Crippen LogP contribution in [0.25, 0.3) is 0 Å². The highest BCUT2D eigenvalue weighted by atomic mass is 16.2. The minimum atomic E-state index is -0.00977. The topological polar surface area (TPSA) is 40.6 Å². The Morgan fingerprint density at radius 1 is 1.04 bits per heavy atom. The maximum atomic E-state index is 13.0. The zero-order chi connectivity index (χ0) is 20.1. The number of piperidine rings is 1. The Hall–Kier alpha value is -2.62. The van der Waals surface area contributed by atoms with E-state index in [1.54, 1.807) is 24.3 Å². The molecule has 1 unspecified atom stereocenters. The third-order valence-electron chi connectivity index (χ3n) is 5.40. The normalized spacial score (nSPS) is 16.9. The molecule has 2 aromatic rings. The van der Waals surface area contributed by atoms with E-state index in [4.69, 9.17) is 0 Å². The first kappa shape index (κ1) is 20.1. The van der Waals surface area contributed by atoms with Gasteiger partial charge in [0.15, 0.2) is 0 Å². The summed E-state index contributed by atoms with van der Waals surface area (Å²) < 4.78 is 0. The van der Waals surface area contributed by atoms with E-state index in [9.17, 15) is 9.59 Å². The Kier molecular flexibility index (Phi) is 6.50. The van der Waals surface area contributed by atoms with Crippen molar-refractivity contribution >= 4 is 11.8 Å². The van der Waals surface area contributed by atoms with Gasteiger partial charge in [-0.3, -0.25) is 9.59 Å². The molecule has 1 fully saturated rings. The molecule has 28 heavy (non-hydrogen) atoms. The molecule has 0 aromatic heterocycles. The number of carbonyl (C=O) groups is 2. The number of rotatable bonds is 5. The average Bonchev–Trinajstić information content (AvgIpc) is 2.71. The first-order chi connectivity index (χ1) is 13.5. The summed E-state index contributed by atoms with van der Waals surface area (Å²) in [6.07, 6.45) is 2.25. The second-order valence-electron chi connectivity index (χ2n) is 8.09. The fourth-order valence-electron chi connectivity index (χ4n) is 3.75. The van der Waals surface area contributed by atoms with E-state index in [1.165, 1.54) is 6.42 Å². The smallest absolute Gasteiger partial charge is 0.254 e. The molecule has 148 valence electrons. The number of hydrogen-bond donors (Lipinski definition) is 0. The van der Waals surface area contributed by atoms with Crippen LogP contribution < -0.4 is 0 Å². The van der Waals surface area contributed by atoms with Gasteiger partial charge in [-0.05, 0) is 62.4 Å². The number of hydrogen-bond acceptors (Lipinski definition) is 2. The first-order valence-corrected chi connectivity index (χ1v) is 10.2. The maximum Gasteiger partial charge on any atom is 0.254 e. The summed E-state index contributed by atoms with van der Waals surface area (Å²) in [5.41, 5.74) is 2.38. The van der Waals surface area contributed by atoms with E-state index in [-0.39, 0.29) is 17.9 Å². The van der Waals surface area contributed by atoms with Gasteiger partial charge < -0.3 is 9.80 Å². The van der Waals surface area contributed by atoms with Crippen molar-refractivity contribution in [1.29, 1.82) is 0 Å². The highest BCUT2D eigenvalue weighted by Crippen LogP contribution is 2.19. The van der Waals surface area contributed by atoms with Gasteiger partial charge in [0.1, 0.15) is 0 Å². The van der Waals surface area contributed by atoms with E-state index >= 15 is 0 Å². The molecule has 4 heteroatoms. The third-order valence-corrected chi connectivity index (χ3v) is 5.40. The quantitative estimate of drug-likeness (QED) is 0.762. The summed E-state index contributed by atoms with van der Waals surface area (Å²) in [6.45, 7) is 8.45. The summed E-state index contributed by atoms with van der Waals surface area (Å²) >= 11 is 0. The Balaban J connectivity index is 1.72. The molecule has 1 heterocycles. The number of nitrogens with zero attached hydrogens (tertiary/aromatic N) is 2. The molecule has 2 amide bonds. The van der Waals surface area contributed by atoms with Gasteiger partial charge in [-0.1, -0.05) is 37.3 Å². The molecule has 0 bridgehead atoms. The van der Waals surface area contributed by atoms with Gasteiger partial charge in [0.25, 0.3) is 11.8 Å². The second kappa shape index (κ2) is 9.05. The lowest BCUT2D eigenvalue weighted by Crippen LogP contribution is -2.39. The van der Waals surface area contributed by atoms with Crippen LogP contribution in [0.4, 0.5) is 0 Å². The van der Waals surface area contributed by atoms with Crippen LogP contribution in [0.5, 0.6) is 0 Å². The Bertz CT molecular complexity index is 799. The van der Waals surface area contributed by atoms with Crippen LogP contribution in [0.2, 0.25) is 0 Å². The Labute approximate surface area is 168 Å². The fourth-order valence-corrected chi connectivity index (χ4v) is 3.75. The van der Waals surface area contributed by atoms with Crippen molar-refractivity contribution in [2.45, 2.75) is 46.2 Å². The highest BCUT2D eigenvalue weighted by Gasteiger charge is 2.23. The standard InChI is InChI=1S/C24H30N2O2/c1-18(2)26(17-20-9-5-4-6-10-20)24(28)22-13-11-21(12-14-22)23(27)25-15-7-8-19(3)16-25/h4-6,9-14,18-19H,7-8,15-17H2,1-3H3. The molecule has 1 aliphatic heterocycles. The van der Waals surface area contributed by atoms with Gasteiger partial charge in [-0.15, -0.1) is 0 Å². The molecule has 0 saturated carbocycles. The molecule has 0 radical (unpaired) electrons. The van der Waals surface area contributed by atoms with Crippen LogP contribution in [-0.4, -0.2) is 40.7 Å². The van der Waals surface area contributed by atoms with Gasteiger partial charge >= 0.3 is 0 Å². The SMILES string of the molecule is CC1CCCN(C(=O)c2ccc(C(=O)N(Cc3ccccc3)C(C)C)cc2)C1. The minimum absolute atomic E-state index is 0.00977. The summed E-state index contributed by atoms with van der Waals surface area (Å²) in [6, 6.07) is 17.2. The van der Waals surface area contributed by atoms with Crippen molar-refractivity contribution in [3.8, 4) is 0 Å². The predicted octanol–water partition coefficient (Wildman–Crippen LogP) is 4.61. The highest BCUT2D eigenvalue weighted by molar-refractivity contribution is 5.98. The third kappa shape index (κ3) is 4.80. The van der Waals surface area contributed by atoms with Crippen molar-refractivity contribution in [2.75, 3.05) is 13.1 Å². The molecular formula is C24H30N2O2. The van der Waals surface area contributed by atoms with Gasteiger partial charge in [-0.2, -0.15) is 0 Å². The van der Waals surface area contributed by atoms with Gasteiger partial charge in [0, 0.05) is 36.8 Å². The number of carbonyl (C=O) groups excluding carboxylic acids is 2. The van der Waals surface area contributed by atoms with Crippen LogP contribution in [0.15, 0.2) is 54.6 Å². The van der Waals surface area contributed by atoms with Crippen molar-refractivity contribution < 1.29 is 9.59 Å². The predicted molar refractivity (Wildman–Crippen MR) is 112 cm³/mol. The molecule has 0 aliphatic carbocycles. The molecular weight excluding hydrogens is 348 g/mol. The van der Waals surface area contributed by atoms with E-state index in [2.05, 4.69) is 6.92 Å². The lowest BCUT2D eigenvalue weighted by atomic mass is 9.99. The molecule has 4 nitrogen and oxygen atoms in total. The van der Waals surface area contributed by atoms with Gasteiger partial charge in [0.05, 0.1) is 0 Å². The van der Waals surface area contributed by atoms with E-state index in [0.29, 0.717) is 23.6 Å². The van der Waals surface area contributed by atoms with Crippen LogP contribution >= 0.6 is 0 Å². The summed E-state index contributed by atoms with van der Waals surface area (Å²) in [5.74, 6) is 0.608. The van der Waals surface area contributed by atoms with Crippen LogP contribution in [0, 0.1) is 5.92 Å². The van der Waals surface area contributed by atoms with Crippen molar-refractivity contribution in [3.05, 3.63) is 71.3 Å². The summed E-state index contributed by atoms with van der Waals surface area (Å²) in [5, 5.41) is 0. The van der Waals surface area contributed by atoms with Crippen molar-refractivity contribution in [3.63, 3.8) is 0 Å². The number of likely N-dealkylation sites (tertiary alicyclic amines) is 1. The molecule has 3 rings (SSSR count). The van der Waals surface area contributed by atoms with Crippen LogP contribution in [0.3, 0.4) is 0 Å². The van der Waals surface area contributed by atoms with E-state index in [1.807, 2.05) is 54.0 Å². The zero-order valence-corrected chi connectivity index (χ0v) is 17.1. The van der Waals surface area contributed by atoms with Crippen molar-refractivity contribution in [2.24, 2.45) is 5.92 Å². The number of amides is 2. The zero-order valence-electron chi connectivity index (χ0n) is 17.1. The van der Waals surface area contributed by atoms with Gasteiger partial charge in [-0.25, -0.2) is 0 Å². The Morgan fingerprint density at radius 2 is 1.68 bits per heavy atom. The van der Waals surface area contributed by atoms with Crippen LogP contribution in [0.1, 0.15) is 59.9 Å². The molecule has 0 N–H and O–H groups in total. The largest absolute Gasteiger partial charge is 0.338 e. The lowest BCUT2D eigenvalue weighted by molar-refractivity contribution is 0.0674. The monoisotopic (exact) mass is 378 g/mol. The van der Waals surface area contributed by atoms with Crippen LogP contribution in [-0.2, 0) is 6.54 Å². The van der Waals surface area contributed by atoms with E-state index < -0.39 is 0 Å². The molecule has 0 spiro atoms. The molecule has 1 aliphatic rings. The molecule has 1 atom stereocenters. The fraction of sp³-hybridized carbons (Fsp3) is 0.417. The first-order valence-electron chi connectivity index (χ1n) is 10.2. The van der Waals surface area contributed by atoms with Gasteiger partial charge in [0.2, 0.25) is 0 Å². The van der Waals surface area contributed by atoms with Crippen molar-refractivity contribution in [1.82, 2.24) is 9.80 Å². The number of benzene rings is 2.